The normalized spacial score (nSPS) is 10.3. The molecule has 1 heterocycles. The molecule has 0 spiro atoms. The van der Waals surface area contributed by atoms with E-state index < -0.39 is 0 Å². The van der Waals surface area contributed by atoms with Crippen molar-refractivity contribution in [1.82, 2.24) is 9.78 Å². The van der Waals surface area contributed by atoms with Gasteiger partial charge in [-0.3, -0.25) is 9.48 Å². The van der Waals surface area contributed by atoms with E-state index >= 15 is 0 Å². The third kappa shape index (κ3) is 2.73. The van der Waals surface area contributed by atoms with Gasteiger partial charge in [0.05, 0.1) is 11.9 Å². The number of aromatic nitrogens is 2. The van der Waals surface area contributed by atoms with E-state index in [1.807, 2.05) is 43.6 Å². The van der Waals surface area contributed by atoms with E-state index in [1.54, 1.807) is 10.9 Å². The van der Waals surface area contributed by atoms with Gasteiger partial charge in [0, 0.05) is 23.7 Å². The second kappa shape index (κ2) is 4.99. The van der Waals surface area contributed by atoms with Gasteiger partial charge in [-0.25, -0.2) is 0 Å². The minimum Gasteiger partial charge on any atom is -0.293 e. The summed E-state index contributed by atoms with van der Waals surface area (Å²) in [6.45, 7) is 0. The Kier molecular flexibility index (Phi) is 3.41. The molecule has 0 amide bonds. The Balaban J connectivity index is 1.94. The lowest BCUT2D eigenvalue weighted by Crippen LogP contribution is -2.01. The van der Waals surface area contributed by atoms with Crippen LogP contribution in [0.15, 0.2) is 47.6 Å². The van der Waals surface area contributed by atoms with Crippen molar-refractivity contribution in [3.8, 4) is 0 Å². The van der Waals surface area contributed by atoms with Gasteiger partial charge in [-0.15, -0.1) is 11.8 Å². The summed E-state index contributed by atoms with van der Waals surface area (Å²) in [5.41, 5.74) is 0.763. The van der Waals surface area contributed by atoms with Crippen LogP contribution in [0.4, 0.5) is 0 Å². The summed E-state index contributed by atoms with van der Waals surface area (Å²) in [5, 5.41) is 4.05. The van der Waals surface area contributed by atoms with Gasteiger partial charge in [-0.2, -0.15) is 5.10 Å². The Hall–Kier alpha value is -1.55. The molecule has 2 rings (SSSR count). The molecule has 4 heteroatoms. The van der Waals surface area contributed by atoms with Gasteiger partial charge in [0.1, 0.15) is 0 Å². The predicted molar refractivity (Wildman–Crippen MR) is 64.7 cm³/mol. The van der Waals surface area contributed by atoms with E-state index in [1.165, 1.54) is 11.8 Å². The standard InChI is InChI=1S/C12H12N2OS/c1-14-8-11(7-13-14)16-9-12(15)10-5-3-2-4-6-10/h2-8H,9H2,1H3. The van der Waals surface area contributed by atoms with Crippen LogP contribution in [0, 0.1) is 0 Å². The number of thioether (sulfide) groups is 1. The second-order valence-corrected chi connectivity index (χ2v) is 4.48. The fraction of sp³-hybridized carbons (Fsp3) is 0.167. The Morgan fingerprint density at radius 3 is 2.75 bits per heavy atom. The summed E-state index contributed by atoms with van der Waals surface area (Å²) in [7, 11) is 1.86. The highest BCUT2D eigenvalue weighted by molar-refractivity contribution is 8.00. The minimum atomic E-state index is 0.148. The first kappa shape index (κ1) is 11.0. The fourth-order valence-corrected chi connectivity index (χ4v) is 2.14. The number of hydrogen-bond donors (Lipinski definition) is 0. The average Bonchev–Trinajstić information content (AvgIpc) is 2.73. The van der Waals surface area contributed by atoms with Crippen molar-refractivity contribution in [1.29, 1.82) is 0 Å². The molecule has 0 radical (unpaired) electrons. The first-order chi connectivity index (χ1) is 7.75. The Labute approximate surface area is 98.5 Å². The van der Waals surface area contributed by atoms with Gasteiger partial charge in [-0.05, 0) is 0 Å². The molecule has 0 N–H and O–H groups in total. The van der Waals surface area contributed by atoms with Gasteiger partial charge in [0.25, 0.3) is 0 Å². The number of carbonyl (C=O) groups excluding carboxylic acids is 1. The van der Waals surface area contributed by atoms with Crippen molar-refractivity contribution >= 4 is 17.5 Å². The van der Waals surface area contributed by atoms with Crippen LogP contribution in [-0.4, -0.2) is 21.3 Å². The lowest BCUT2D eigenvalue weighted by Gasteiger charge is -1.98. The maximum atomic E-state index is 11.8. The molecule has 0 unspecified atom stereocenters. The van der Waals surface area contributed by atoms with Crippen molar-refractivity contribution in [2.75, 3.05) is 5.75 Å². The Morgan fingerprint density at radius 1 is 1.38 bits per heavy atom. The second-order valence-electron chi connectivity index (χ2n) is 3.43. The van der Waals surface area contributed by atoms with E-state index in [2.05, 4.69) is 5.10 Å². The van der Waals surface area contributed by atoms with Crippen molar-refractivity contribution in [3.63, 3.8) is 0 Å². The van der Waals surface area contributed by atoms with E-state index in [0.29, 0.717) is 5.75 Å². The van der Waals surface area contributed by atoms with Gasteiger partial charge < -0.3 is 0 Å². The molecule has 0 atom stereocenters. The fourth-order valence-electron chi connectivity index (χ4n) is 1.33. The molecule has 0 fully saturated rings. The van der Waals surface area contributed by atoms with Gasteiger partial charge in [0.2, 0.25) is 0 Å². The molecule has 0 aliphatic rings. The van der Waals surface area contributed by atoms with Crippen LogP contribution in [0.2, 0.25) is 0 Å². The molecule has 2 aromatic rings. The maximum Gasteiger partial charge on any atom is 0.173 e. The van der Waals surface area contributed by atoms with Gasteiger partial charge in [0.15, 0.2) is 5.78 Å². The highest BCUT2D eigenvalue weighted by Crippen LogP contribution is 2.17. The summed E-state index contributed by atoms with van der Waals surface area (Å²) in [5.74, 6) is 0.602. The molecule has 0 aliphatic heterocycles. The number of hydrogen-bond acceptors (Lipinski definition) is 3. The number of ketones is 1. The molecule has 1 aromatic carbocycles. The van der Waals surface area contributed by atoms with Crippen LogP contribution in [0.5, 0.6) is 0 Å². The molecular formula is C12H12N2OS. The maximum absolute atomic E-state index is 11.8. The third-order valence-corrected chi connectivity index (χ3v) is 3.10. The SMILES string of the molecule is Cn1cc(SCC(=O)c2ccccc2)cn1. The first-order valence-electron chi connectivity index (χ1n) is 4.95. The molecule has 0 bridgehead atoms. The molecule has 16 heavy (non-hydrogen) atoms. The lowest BCUT2D eigenvalue weighted by molar-refractivity contribution is 0.102. The number of aryl methyl sites for hydroxylation is 1. The molecule has 82 valence electrons. The summed E-state index contributed by atoms with van der Waals surface area (Å²) >= 11 is 1.51. The quantitative estimate of drug-likeness (QED) is 0.599. The highest BCUT2D eigenvalue weighted by Gasteiger charge is 2.06. The minimum absolute atomic E-state index is 0.148. The zero-order valence-electron chi connectivity index (χ0n) is 8.96. The van der Waals surface area contributed by atoms with Crippen LogP contribution >= 0.6 is 11.8 Å². The molecule has 0 saturated heterocycles. The first-order valence-corrected chi connectivity index (χ1v) is 5.94. The van der Waals surface area contributed by atoms with Gasteiger partial charge in [-0.1, -0.05) is 30.3 Å². The molecule has 0 saturated carbocycles. The van der Waals surface area contributed by atoms with E-state index in [9.17, 15) is 4.79 Å². The number of carbonyl (C=O) groups is 1. The monoisotopic (exact) mass is 232 g/mol. The number of rotatable bonds is 4. The summed E-state index contributed by atoms with van der Waals surface area (Å²) in [4.78, 5) is 12.8. The average molecular weight is 232 g/mol. The van der Waals surface area contributed by atoms with Crippen LogP contribution in [-0.2, 0) is 7.05 Å². The topological polar surface area (TPSA) is 34.9 Å². The zero-order valence-corrected chi connectivity index (χ0v) is 9.78. The largest absolute Gasteiger partial charge is 0.293 e. The molecule has 0 aliphatic carbocycles. The summed E-state index contributed by atoms with van der Waals surface area (Å²) in [6, 6.07) is 9.34. The van der Waals surface area contributed by atoms with E-state index in [4.69, 9.17) is 0 Å². The molecule has 3 nitrogen and oxygen atoms in total. The molecule has 1 aromatic heterocycles. The lowest BCUT2D eigenvalue weighted by atomic mass is 10.2. The zero-order chi connectivity index (χ0) is 11.4. The summed E-state index contributed by atoms with van der Waals surface area (Å²) in [6.07, 6.45) is 3.67. The summed E-state index contributed by atoms with van der Waals surface area (Å²) < 4.78 is 1.73. The number of benzene rings is 1. The van der Waals surface area contributed by atoms with E-state index in [0.717, 1.165) is 10.5 Å². The highest BCUT2D eigenvalue weighted by atomic mass is 32.2. The Bertz CT molecular complexity index is 479. The number of Topliss-reactive ketones (excluding diaryl/α,β-unsaturated/α-hetero) is 1. The third-order valence-electron chi connectivity index (χ3n) is 2.15. The van der Waals surface area contributed by atoms with Crippen LogP contribution in [0.25, 0.3) is 0 Å². The van der Waals surface area contributed by atoms with Crippen molar-refractivity contribution in [2.24, 2.45) is 7.05 Å². The van der Waals surface area contributed by atoms with Crippen LogP contribution in [0.3, 0.4) is 0 Å². The predicted octanol–water partition coefficient (Wildman–Crippen LogP) is 2.40. The van der Waals surface area contributed by atoms with Gasteiger partial charge >= 0.3 is 0 Å². The molecular weight excluding hydrogens is 220 g/mol. The van der Waals surface area contributed by atoms with Crippen LogP contribution < -0.4 is 0 Å². The van der Waals surface area contributed by atoms with Crippen molar-refractivity contribution in [3.05, 3.63) is 48.3 Å². The smallest absolute Gasteiger partial charge is 0.173 e. The van der Waals surface area contributed by atoms with Crippen LogP contribution in [0.1, 0.15) is 10.4 Å². The van der Waals surface area contributed by atoms with Crippen molar-refractivity contribution in [2.45, 2.75) is 4.90 Å². The number of nitrogens with zero attached hydrogens (tertiary/aromatic N) is 2. The van der Waals surface area contributed by atoms with Crippen molar-refractivity contribution < 1.29 is 4.79 Å². The Morgan fingerprint density at radius 2 is 2.12 bits per heavy atom. The van der Waals surface area contributed by atoms with E-state index in [-0.39, 0.29) is 5.78 Å².